The summed E-state index contributed by atoms with van der Waals surface area (Å²) >= 11 is 1.56. The van der Waals surface area contributed by atoms with Crippen molar-refractivity contribution in [3.8, 4) is 10.6 Å². The van der Waals surface area contributed by atoms with E-state index in [2.05, 4.69) is 11.8 Å². The number of nitrogens with zero attached hydrogens (tertiary/aromatic N) is 3. The Balaban J connectivity index is 1.75. The van der Waals surface area contributed by atoms with Crippen molar-refractivity contribution in [3.05, 3.63) is 53.8 Å². The first-order chi connectivity index (χ1) is 14.0. The van der Waals surface area contributed by atoms with Gasteiger partial charge in [-0.1, -0.05) is 0 Å². The third-order valence-electron chi connectivity index (χ3n) is 5.43. The number of anilines is 1. The fourth-order valence-corrected chi connectivity index (χ4v) is 4.95. The van der Waals surface area contributed by atoms with Gasteiger partial charge < -0.3 is 10.0 Å². The van der Waals surface area contributed by atoms with Gasteiger partial charge in [0.2, 0.25) is 0 Å². The molecule has 5 nitrogen and oxygen atoms in total. The van der Waals surface area contributed by atoms with E-state index < -0.39 is 5.97 Å². The summed E-state index contributed by atoms with van der Waals surface area (Å²) in [7, 11) is 0. The van der Waals surface area contributed by atoms with Crippen LogP contribution in [0.2, 0.25) is 0 Å². The number of hydrogen-bond donors (Lipinski definition) is 1. The van der Waals surface area contributed by atoms with Crippen LogP contribution in [0.3, 0.4) is 0 Å². The molecule has 0 amide bonds. The van der Waals surface area contributed by atoms with Crippen molar-refractivity contribution in [3.63, 3.8) is 0 Å². The Labute approximate surface area is 170 Å². The predicted molar refractivity (Wildman–Crippen MR) is 113 cm³/mol. The van der Waals surface area contributed by atoms with Gasteiger partial charge in [0, 0.05) is 17.3 Å². The summed E-state index contributed by atoms with van der Waals surface area (Å²) in [4.78, 5) is 24.2. The summed E-state index contributed by atoms with van der Waals surface area (Å²) in [6, 6.07) is 11.9. The number of thiophene rings is 1. The Morgan fingerprint density at radius 3 is 2.79 bits per heavy atom. The zero-order valence-corrected chi connectivity index (χ0v) is 16.5. The van der Waals surface area contributed by atoms with Crippen LogP contribution in [0.5, 0.6) is 0 Å². The van der Waals surface area contributed by atoms with E-state index in [0.717, 1.165) is 45.9 Å². The number of aromatic carboxylic acids is 1. The van der Waals surface area contributed by atoms with Crippen LogP contribution in [0.4, 0.5) is 10.2 Å². The smallest absolute Gasteiger partial charge is 0.335 e. The lowest BCUT2D eigenvalue weighted by molar-refractivity contribution is 0.0697. The molecule has 1 aliphatic rings. The molecule has 7 heteroatoms. The largest absolute Gasteiger partial charge is 0.478 e. The monoisotopic (exact) mass is 407 g/mol. The van der Waals surface area contributed by atoms with Gasteiger partial charge in [0.15, 0.2) is 5.82 Å². The molecule has 2 aromatic heterocycles. The number of carboxylic acids is 1. The number of rotatable bonds is 3. The molecule has 2 aromatic carbocycles. The molecule has 0 aliphatic carbocycles. The zero-order chi connectivity index (χ0) is 20.1. The van der Waals surface area contributed by atoms with Gasteiger partial charge in [0.25, 0.3) is 0 Å². The third kappa shape index (κ3) is 3.11. The fourth-order valence-electron chi connectivity index (χ4n) is 3.92. The van der Waals surface area contributed by atoms with Crippen LogP contribution < -0.4 is 4.90 Å². The molecule has 1 N–H and O–H groups in total. The van der Waals surface area contributed by atoms with Crippen molar-refractivity contribution in [2.45, 2.75) is 25.8 Å². The van der Waals surface area contributed by atoms with E-state index in [1.165, 1.54) is 12.1 Å². The lowest BCUT2D eigenvalue weighted by Gasteiger charge is -2.24. The second-order valence-electron chi connectivity index (χ2n) is 7.38. The van der Waals surface area contributed by atoms with Gasteiger partial charge in [-0.05, 0) is 67.6 Å². The number of aromatic nitrogens is 2. The molecule has 1 unspecified atom stereocenters. The lowest BCUT2D eigenvalue weighted by Crippen LogP contribution is -2.28. The number of carboxylic acid groups (broad SMARTS) is 1. The average molecular weight is 407 g/mol. The minimum Gasteiger partial charge on any atom is -0.478 e. The van der Waals surface area contributed by atoms with E-state index in [4.69, 9.17) is 9.97 Å². The summed E-state index contributed by atoms with van der Waals surface area (Å²) in [5.74, 6) is -0.487. The number of benzene rings is 2. The zero-order valence-electron chi connectivity index (χ0n) is 15.7. The van der Waals surface area contributed by atoms with E-state index in [1.807, 2.05) is 6.07 Å². The quantitative estimate of drug-likeness (QED) is 0.497. The molecule has 5 rings (SSSR count). The molecular formula is C22H18FN3O2S. The molecule has 1 fully saturated rings. The van der Waals surface area contributed by atoms with Gasteiger partial charge in [-0.2, -0.15) is 0 Å². The molecule has 1 atom stereocenters. The molecule has 1 aliphatic heterocycles. The SMILES string of the molecule is CC1CCCN1c1nc2cc(C(=O)O)ccc2nc1-c1cc2cc(F)ccc2s1. The molecule has 146 valence electrons. The lowest BCUT2D eigenvalue weighted by atomic mass is 10.1. The molecule has 0 bridgehead atoms. The number of fused-ring (bicyclic) bond motifs is 2. The van der Waals surface area contributed by atoms with Crippen molar-refractivity contribution < 1.29 is 14.3 Å². The fraction of sp³-hybridized carbons (Fsp3) is 0.227. The first-order valence-electron chi connectivity index (χ1n) is 9.51. The van der Waals surface area contributed by atoms with Crippen molar-refractivity contribution in [1.82, 2.24) is 9.97 Å². The highest BCUT2D eigenvalue weighted by atomic mass is 32.1. The van der Waals surface area contributed by atoms with Crippen LogP contribution in [0.15, 0.2) is 42.5 Å². The summed E-state index contributed by atoms with van der Waals surface area (Å²) in [6.45, 7) is 3.04. The average Bonchev–Trinajstić information content (AvgIpc) is 3.31. The van der Waals surface area contributed by atoms with E-state index in [0.29, 0.717) is 17.1 Å². The van der Waals surface area contributed by atoms with Crippen LogP contribution in [0.25, 0.3) is 31.7 Å². The predicted octanol–water partition coefficient (Wildman–Crippen LogP) is 5.34. The van der Waals surface area contributed by atoms with Gasteiger partial charge in [0.1, 0.15) is 11.5 Å². The van der Waals surface area contributed by atoms with Crippen molar-refractivity contribution in [1.29, 1.82) is 0 Å². The van der Waals surface area contributed by atoms with Gasteiger partial charge in [-0.3, -0.25) is 0 Å². The molecule has 4 aromatic rings. The molecule has 3 heterocycles. The Bertz CT molecular complexity index is 1270. The Hall–Kier alpha value is -3.06. The molecule has 0 spiro atoms. The Morgan fingerprint density at radius 2 is 2.03 bits per heavy atom. The van der Waals surface area contributed by atoms with E-state index in [-0.39, 0.29) is 11.4 Å². The first-order valence-corrected chi connectivity index (χ1v) is 10.3. The number of halogens is 1. The molecule has 29 heavy (non-hydrogen) atoms. The van der Waals surface area contributed by atoms with Gasteiger partial charge >= 0.3 is 5.97 Å². The minimum absolute atomic E-state index is 0.192. The second kappa shape index (κ2) is 6.77. The summed E-state index contributed by atoms with van der Waals surface area (Å²) in [6.07, 6.45) is 2.15. The normalized spacial score (nSPS) is 16.8. The van der Waals surface area contributed by atoms with E-state index in [1.54, 1.807) is 35.6 Å². The molecule has 0 saturated carbocycles. The van der Waals surface area contributed by atoms with Crippen molar-refractivity contribution >= 4 is 44.2 Å². The standard InChI is InChI=1S/C22H18FN3O2S/c1-12-3-2-8-26(12)21-20(19-11-14-9-15(23)5-7-18(14)29-19)24-16-6-4-13(22(27)28)10-17(16)25-21/h4-7,9-12H,2-3,8H2,1H3,(H,27,28). The van der Waals surface area contributed by atoms with Crippen LogP contribution in [-0.2, 0) is 0 Å². The van der Waals surface area contributed by atoms with Crippen molar-refractivity contribution in [2.75, 3.05) is 11.4 Å². The van der Waals surface area contributed by atoms with Gasteiger partial charge in [-0.25, -0.2) is 19.2 Å². The maximum absolute atomic E-state index is 13.7. The Kier molecular flexibility index (Phi) is 4.20. The highest BCUT2D eigenvalue weighted by Gasteiger charge is 2.26. The van der Waals surface area contributed by atoms with Crippen LogP contribution in [0, 0.1) is 5.82 Å². The van der Waals surface area contributed by atoms with Crippen molar-refractivity contribution in [2.24, 2.45) is 0 Å². The summed E-state index contributed by atoms with van der Waals surface area (Å²) in [5, 5.41) is 10.2. The van der Waals surface area contributed by atoms with Gasteiger partial charge in [0.05, 0.1) is 21.5 Å². The maximum atomic E-state index is 13.7. The Morgan fingerprint density at radius 1 is 1.17 bits per heavy atom. The summed E-state index contributed by atoms with van der Waals surface area (Å²) < 4.78 is 14.6. The molecule has 1 saturated heterocycles. The van der Waals surface area contributed by atoms with E-state index >= 15 is 0 Å². The highest BCUT2D eigenvalue weighted by molar-refractivity contribution is 7.22. The topological polar surface area (TPSA) is 66.3 Å². The minimum atomic E-state index is -0.986. The van der Waals surface area contributed by atoms with E-state index in [9.17, 15) is 14.3 Å². The van der Waals surface area contributed by atoms with Crippen LogP contribution >= 0.6 is 11.3 Å². The van der Waals surface area contributed by atoms with Crippen LogP contribution in [-0.4, -0.2) is 33.6 Å². The first kappa shape index (κ1) is 18.0. The third-order valence-corrected chi connectivity index (χ3v) is 6.55. The number of hydrogen-bond acceptors (Lipinski definition) is 5. The maximum Gasteiger partial charge on any atom is 0.335 e. The summed E-state index contributed by atoms with van der Waals surface area (Å²) in [5.41, 5.74) is 2.16. The molecule has 0 radical (unpaired) electrons. The van der Waals surface area contributed by atoms with Gasteiger partial charge in [-0.15, -0.1) is 11.3 Å². The number of carbonyl (C=O) groups is 1. The van der Waals surface area contributed by atoms with Crippen LogP contribution in [0.1, 0.15) is 30.1 Å². The second-order valence-corrected chi connectivity index (χ2v) is 8.47. The highest BCUT2D eigenvalue weighted by Crippen LogP contribution is 2.39. The molecular weight excluding hydrogens is 389 g/mol.